The van der Waals surface area contributed by atoms with E-state index in [-0.39, 0.29) is 0 Å². The fraction of sp³-hybridized carbons (Fsp3) is 0. The van der Waals surface area contributed by atoms with E-state index in [4.69, 9.17) is 29.9 Å². The summed E-state index contributed by atoms with van der Waals surface area (Å²) in [6.45, 7) is 0. The van der Waals surface area contributed by atoms with Crippen LogP contribution in [0.4, 0.5) is 0 Å². The van der Waals surface area contributed by atoms with Gasteiger partial charge in [-0.15, -0.1) is 0 Å². The van der Waals surface area contributed by atoms with E-state index in [1.807, 2.05) is 0 Å². The first-order valence-corrected chi connectivity index (χ1v) is 22.8. The van der Waals surface area contributed by atoms with Gasteiger partial charge in [0.05, 0.1) is 67.6 Å². The average molecular weight is 865 g/mol. The van der Waals surface area contributed by atoms with Gasteiger partial charge in [0.1, 0.15) is 0 Å². The third-order valence-corrected chi connectivity index (χ3v) is 13.3. The predicted molar refractivity (Wildman–Crippen MR) is 280 cm³/mol. The van der Waals surface area contributed by atoms with E-state index in [2.05, 4.69) is 218 Å². The second-order valence-corrected chi connectivity index (χ2v) is 17.6. The van der Waals surface area contributed by atoms with Crippen LogP contribution in [0.15, 0.2) is 218 Å². The second-order valence-electron chi connectivity index (χ2n) is 17.6. The quantitative estimate of drug-likeness (QED) is 0.160. The molecule has 0 aliphatic rings. The van der Waals surface area contributed by atoms with Crippen molar-refractivity contribution in [2.45, 2.75) is 0 Å². The summed E-state index contributed by atoms with van der Waals surface area (Å²) in [5, 5.41) is 13.6. The average Bonchev–Trinajstić information content (AvgIpc) is 3.39. The van der Waals surface area contributed by atoms with Crippen LogP contribution in [0.2, 0.25) is 0 Å². The Bertz CT molecular complexity index is 3850. The van der Waals surface area contributed by atoms with Gasteiger partial charge < -0.3 is 0 Å². The molecule has 14 aromatic rings. The van der Waals surface area contributed by atoms with Gasteiger partial charge in [0.2, 0.25) is 0 Å². The van der Waals surface area contributed by atoms with Crippen molar-refractivity contribution >= 4 is 86.7 Å². The lowest BCUT2D eigenvalue weighted by Crippen LogP contribution is -1.98. The van der Waals surface area contributed by atoms with E-state index in [0.29, 0.717) is 0 Å². The lowest BCUT2D eigenvalue weighted by molar-refractivity contribution is 1.24. The largest absolute Gasteiger partial charge is 0.246 e. The van der Waals surface area contributed by atoms with Crippen LogP contribution in [0.5, 0.6) is 0 Å². The number of nitrogens with zero attached hydrogens (tertiary/aromatic N) is 6. The van der Waals surface area contributed by atoms with Gasteiger partial charge in [-0.3, -0.25) is 0 Å². The fourth-order valence-corrected chi connectivity index (χ4v) is 9.74. The molecule has 68 heavy (non-hydrogen) atoms. The van der Waals surface area contributed by atoms with Crippen LogP contribution in [-0.4, -0.2) is 29.9 Å². The third kappa shape index (κ3) is 6.66. The van der Waals surface area contributed by atoms with E-state index in [1.54, 1.807) is 0 Å². The maximum absolute atomic E-state index is 5.35. The molecule has 0 aliphatic heterocycles. The molecule has 0 aliphatic carbocycles. The van der Waals surface area contributed by atoms with Crippen LogP contribution in [0, 0.1) is 0 Å². The summed E-state index contributed by atoms with van der Waals surface area (Å²) in [5.74, 6) is 0. The highest BCUT2D eigenvalue weighted by Crippen LogP contribution is 2.36. The first-order valence-electron chi connectivity index (χ1n) is 22.8. The van der Waals surface area contributed by atoms with Gasteiger partial charge in [-0.05, 0) is 151 Å². The summed E-state index contributed by atoms with van der Waals surface area (Å²) in [7, 11) is 0. The van der Waals surface area contributed by atoms with Crippen LogP contribution in [-0.2, 0) is 0 Å². The first-order chi connectivity index (χ1) is 33.6. The second kappa shape index (κ2) is 15.2. The molecule has 6 heteroatoms. The molecule has 0 saturated heterocycles. The Morgan fingerprint density at radius 1 is 0.162 bits per heavy atom. The number of fused-ring (bicyclic) bond motifs is 8. The van der Waals surface area contributed by atoms with Gasteiger partial charge in [-0.2, -0.15) is 0 Å². The molecular weight excluding hydrogens is 829 g/mol. The normalized spacial score (nSPS) is 11.8. The highest BCUT2D eigenvalue weighted by Gasteiger charge is 2.17. The Morgan fingerprint density at radius 3 is 0.618 bits per heavy atom. The van der Waals surface area contributed by atoms with Crippen molar-refractivity contribution in [3.05, 3.63) is 218 Å². The minimum absolute atomic E-state index is 0.735. The van der Waals surface area contributed by atoms with Crippen molar-refractivity contribution < 1.29 is 0 Å². The fourth-order valence-electron chi connectivity index (χ4n) is 9.74. The van der Waals surface area contributed by atoms with E-state index < -0.39 is 0 Å². The number of aromatic nitrogens is 6. The summed E-state index contributed by atoms with van der Waals surface area (Å²) in [5.41, 5.74) is 11.5. The molecule has 8 aromatic carbocycles. The molecule has 0 fully saturated rings. The van der Waals surface area contributed by atoms with Crippen molar-refractivity contribution in [3.8, 4) is 56.7 Å². The Balaban J connectivity index is 0.989. The van der Waals surface area contributed by atoms with Gasteiger partial charge >= 0.3 is 0 Å². The zero-order valence-electron chi connectivity index (χ0n) is 36.5. The van der Waals surface area contributed by atoms with Crippen molar-refractivity contribution in [1.82, 2.24) is 29.9 Å². The van der Waals surface area contributed by atoms with Gasteiger partial charge in [-0.1, -0.05) is 121 Å². The summed E-state index contributed by atoms with van der Waals surface area (Å²) in [6.07, 6.45) is 0. The monoisotopic (exact) mass is 864 g/mol. The van der Waals surface area contributed by atoms with Crippen molar-refractivity contribution in [3.63, 3.8) is 0 Å². The maximum atomic E-state index is 5.35. The van der Waals surface area contributed by atoms with Gasteiger partial charge in [0, 0.05) is 21.5 Å². The van der Waals surface area contributed by atoms with Crippen LogP contribution in [0.25, 0.3) is 143 Å². The van der Waals surface area contributed by atoms with Crippen LogP contribution in [0.3, 0.4) is 0 Å². The topological polar surface area (TPSA) is 77.3 Å². The SMILES string of the molecule is c1ccc2cc3nc(-c4cc(-c5cc(-c6ccc7cc8ccccc8cc7n6)nc(-c6ccc7cc8ccccc8cc7n6)c5)cc(-c5ccc6cc7ccccc7cc6n5)n4)ccc3cc2c1. The molecular formula is C62H36N6. The zero-order chi connectivity index (χ0) is 44.7. The smallest absolute Gasteiger partial charge is 0.0900 e. The van der Waals surface area contributed by atoms with Gasteiger partial charge in [0.15, 0.2) is 0 Å². The minimum Gasteiger partial charge on any atom is -0.246 e. The van der Waals surface area contributed by atoms with Crippen LogP contribution in [0.1, 0.15) is 0 Å². The van der Waals surface area contributed by atoms with Crippen LogP contribution < -0.4 is 0 Å². The van der Waals surface area contributed by atoms with Crippen molar-refractivity contribution in [1.29, 1.82) is 0 Å². The standard InChI is InChI=1S/C62H36N6/c1-5-13-41-29-55-45(25-37(41)9-1)17-21-51(63-55)59-33-49(34-60(67-59)52-22-18-46-26-38-10-2-6-14-42(38)30-56(46)64-52)50-35-61(53-23-19-47-27-39-11-3-7-15-43(39)31-57(47)65-53)68-62(36-50)54-24-20-48-28-40-12-4-8-16-44(40)32-58(48)66-54/h1-36H. The predicted octanol–water partition coefficient (Wildman–Crippen LogP) is 15.6. The third-order valence-electron chi connectivity index (χ3n) is 13.3. The number of rotatable bonds is 5. The Kier molecular flexibility index (Phi) is 8.48. The number of pyridine rings is 6. The summed E-state index contributed by atoms with van der Waals surface area (Å²) in [4.78, 5) is 31.8. The molecule has 14 rings (SSSR count). The van der Waals surface area contributed by atoms with Gasteiger partial charge in [-0.25, -0.2) is 29.9 Å². The maximum Gasteiger partial charge on any atom is 0.0900 e. The molecule has 0 N–H and O–H groups in total. The molecule has 6 heterocycles. The van der Waals surface area contributed by atoms with Crippen molar-refractivity contribution in [2.75, 3.05) is 0 Å². The zero-order valence-corrected chi connectivity index (χ0v) is 36.5. The van der Waals surface area contributed by atoms with Gasteiger partial charge in [0.25, 0.3) is 0 Å². The molecule has 0 unspecified atom stereocenters. The highest BCUT2D eigenvalue weighted by atomic mass is 14.8. The molecule has 0 atom stereocenters. The van der Waals surface area contributed by atoms with E-state index >= 15 is 0 Å². The Morgan fingerprint density at radius 2 is 0.382 bits per heavy atom. The molecule has 314 valence electrons. The van der Waals surface area contributed by atoms with Crippen LogP contribution >= 0.6 is 0 Å². The number of benzene rings is 8. The summed E-state index contributed by atoms with van der Waals surface area (Å²) in [6, 6.07) is 76.5. The highest BCUT2D eigenvalue weighted by molar-refractivity contribution is 6.01. The Labute approximate surface area is 389 Å². The number of hydrogen-bond donors (Lipinski definition) is 0. The summed E-state index contributed by atoms with van der Waals surface area (Å²) >= 11 is 0. The molecule has 0 spiro atoms. The minimum atomic E-state index is 0.735. The van der Waals surface area contributed by atoms with E-state index in [1.165, 1.54) is 21.5 Å². The molecule has 6 aromatic heterocycles. The Hall–Kier alpha value is -9.26. The molecule has 0 saturated carbocycles. The van der Waals surface area contributed by atoms with Crippen molar-refractivity contribution in [2.24, 2.45) is 0 Å². The lowest BCUT2D eigenvalue weighted by Gasteiger charge is -2.14. The lowest BCUT2D eigenvalue weighted by atomic mass is 9.99. The molecule has 0 amide bonds. The van der Waals surface area contributed by atoms with E-state index in [9.17, 15) is 0 Å². The summed E-state index contributed by atoms with van der Waals surface area (Å²) < 4.78 is 0. The first kappa shape index (κ1) is 38.1. The van der Waals surface area contributed by atoms with E-state index in [0.717, 1.165) is 122 Å². The molecule has 6 nitrogen and oxygen atoms in total. The number of hydrogen-bond acceptors (Lipinski definition) is 6. The molecule has 0 radical (unpaired) electrons. The molecule has 0 bridgehead atoms.